The van der Waals surface area contributed by atoms with Crippen molar-refractivity contribution in [2.45, 2.75) is 52.0 Å². The number of benzene rings is 1. The lowest BCUT2D eigenvalue weighted by atomic mass is 9.95. The number of hydrogen-bond donors (Lipinski definition) is 1. The first kappa shape index (κ1) is 17.0. The highest BCUT2D eigenvalue weighted by atomic mass is 16.2. The highest BCUT2D eigenvalue weighted by molar-refractivity contribution is 5.83. The Morgan fingerprint density at radius 3 is 2.50 bits per heavy atom. The summed E-state index contributed by atoms with van der Waals surface area (Å²) in [4.78, 5) is 26.9. The number of nitrogens with zero attached hydrogens (tertiary/aromatic N) is 1. The second-order valence-corrected chi connectivity index (χ2v) is 7.28. The van der Waals surface area contributed by atoms with Crippen molar-refractivity contribution in [1.82, 2.24) is 10.2 Å². The maximum absolute atomic E-state index is 12.7. The fourth-order valence-corrected chi connectivity index (χ4v) is 3.49. The number of nitrogens with one attached hydrogen (secondary N) is 1. The minimum Gasteiger partial charge on any atom is -0.349 e. The van der Waals surface area contributed by atoms with Crippen molar-refractivity contribution in [2.24, 2.45) is 11.8 Å². The van der Waals surface area contributed by atoms with Crippen LogP contribution in [0.3, 0.4) is 0 Å². The third kappa shape index (κ3) is 3.97. The topological polar surface area (TPSA) is 49.4 Å². The number of likely N-dealkylation sites (tertiary alicyclic amines) is 1. The molecule has 1 heterocycles. The zero-order chi connectivity index (χ0) is 17.1. The maximum Gasteiger partial charge on any atom is 0.225 e. The van der Waals surface area contributed by atoms with Gasteiger partial charge in [0.1, 0.15) is 0 Å². The van der Waals surface area contributed by atoms with Crippen molar-refractivity contribution in [1.29, 1.82) is 0 Å². The molecule has 1 aromatic rings. The van der Waals surface area contributed by atoms with E-state index in [4.69, 9.17) is 0 Å². The van der Waals surface area contributed by atoms with Gasteiger partial charge in [-0.15, -0.1) is 0 Å². The molecular formula is C20H28N2O2. The molecule has 2 fully saturated rings. The molecule has 4 nitrogen and oxygen atoms in total. The molecule has 2 atom stereocenters. The van der Waals surface area contributed by atoms with E-state index in [1.54, 1.807) is 0 Å². The van der Waals surface area contributed by atoms with E-state index in [9.17, 15) is 9.59 Å². The number of aryl methyl sites for hydroxylation is 1. The fraction of sp³-hybridized carbons (Fsp3) is 0.600. The van der Waals surface area contributed by atoms with E-state index in [2.05, 4.69) is 43.4 Å². The lowest BCUT2D eigenvalue weighted by molar-refractivity contribution is -0.137. The molecule has 0 aromatic heterocycles. The van der Waals surface area contributed by atoms with Gasteiger partial charge in [-0.2, -0.15) is 0 Å². The standard InChI is InChI=1S/C20H28N2O2/c1-3-18(15-8-6-14(2)7-9-15)21-19(23)17-5-4-12-22(13-17)20(24)16-10-11-16/h6-9,16-18H,3-5,10-13H2,1-2H3,(H,21,23)/t17-,18+/m1/s1. The van der Waals surface area contributed by atoms with Crippen LogP contribution in [0.15, 0.2) is 24.3 Å². The Kier molecular flexibility index (Phi) is 5.22. The Bertz CT molecular complexity index is 592. The van der Waals surface area contributed by atoms with Gasteiger partial charge in [0.25, 0.3) is 0 Å². The summed E-state index contributed by atoms with van der Waals surface area (Å²) in [5.41, 5.74) is 2.37. The monoisotopic (exact) mass is 328 g/mol. The maximum atomic E-state index is 12.7. The molecule has 0 bridgehead atoms. The molecule has 1 saturated carbocycles. The van der Waals surface area contributed by atoms with E-state index < -0.39 is 0 Å². The van der Waals surface area contributed by atoms with Gasteiger partial charge in [0.05, 0.1) is 12.0 Å². The van der Waals surface area contributed by atoms with Crippen molar-refractivity contribution in [2.75, 3.05) is 13.1 Å². The molecule has 1 N–H and O–H groups in total. The van der Waals surface area contributed by atoms with Crippen LogP contribution in [-0.2, 0) is 9.59 Å². The highest BCUT2D eigenvalue weighted by Crippen LogP contribution is 2.32. The molecule has 3 rings (SSSR count). The van der Waals surface area contributed by atoms with Crippen LogP contribution >= 0.6 is 0 Å². The van der Waals surface area contributed by atoms with Gasteiger partial charge in [0.15, 0.2) is 0 Å². The number of piperidine rings is 1. The Hall–Kier alpha value is -1.84. The molecule has 2 aliphatic rings. The van der Waals surface area contributed by atoms with Gasteiger partial charge >= 0.3 is 0 Å². The van der Waals surface area contributed by atoms with Crippen molar-refractivity contribution < 1.29 is 9.59 Å². The lowest BCUT2D eigenvalue weighted by Crippen LogP contribution is -2.46. The second-order valence-electron chi connectivity index (χ2n) is 7.28. The third-order valence-electron chi connectivity index (χ3n) is 5.23. The summed E-state index contributed by atoms with van der Waals surface area (Å²) < 4.78 is 0. The highest BCUT2D eigenvalue weighted by Gasteiger charge is 2.36. The van der Waals surface area contributed by atoms with Gasteiger partial charge in [0.2, 0.25) is 11.8 Å². The Morgan fingerprint density at radius 1 is 1.17 bits per heavy atom. The lowest BCUT2D eigenvalue weighted by Gasteiger charge is -2.33. The summed E-state index contributed by atoms with van der Waals surface area (Å²) in [7, 11) is 0. The van der Waals surface area contributed by atoms with Gasteiger partial charge < -0.3 is 10.2 Å². The van der Waals surface area contributed by atoms with Crippen molar-refractivity contribution >= 4 is 11.8 Å². The summed E-state index contributed by atoms with van der Waals surface area (Å²) >= 11 is 0. The zero-order valence-electron chi connectivity index (χ0n) is 14.8. The van der Waals surface area contributed by atoms with Crippen LogP contribution in [0.25, 0.3) is 0 Å². The number of hydrogen-bond acceptors (Lipinski definition) is 2. The average Bonchev–Trinajstić information content (AvgIpc) is 3.45. The molecule has 0 radical (unpaired) electrons. The normalized spacial score (nSPS) is 22.1. The third-order valence-corrected chi connectivity index (χ3v) is 5.23. The summed E-state index contributed by atoms with van der Waals surface area (Å²) in [5, 5.41) is 3.20. The first-order valence-corrected chi connectivity index (χ1v) is 9.24. The van der Waals surface area contributed by atoms with Gasteiger partial charge in [0, 0.05) is 19.0 Å². The summed E-state index contributed by atoms with van der Waals surface area (Å²) in [5.74, 6) is 0.525. The first-order chi connectivity index (χ1) is 11.6. The second kappa shape index (κ2) is 7.37. The molecule has 1 aromatic carbocycles. The summed E-state index contributed by atoms with van der Waals surface area (Å²) in [6.07, 6.45) is 4.73. The molecule has 1 saturated heterocycles. The number of amides is 2. The van der Waals surface area contributed by atoms with Gasteiger partial charge in [-0.05, 0) is 44.6 Å². The van der Waals surface area contributed by atoms with Gasteiger partial charge in [-0.25, -0.2) is 0 Å². The molecule has 4 heteroatoms. The van der Waals surface area contributed by atoms with Crippen molar-refractivity contribution in [3.8, 4) is 0 Å². The number of carbonyl (C=O) groups is 2. The molecule has 1 aliphatic carbocycles. The molecular weight excluding hydrogens is 300 g/mol. The molecule has 1 aliphatic heterocycles. The molecule has 2 amide bonds. The van der Waals surface area contributed by atoms with E-state index in [1.807, 2.05) is 4.90 Å². The minimum absolute atomic E-state index is 0.0487. The van der Waals surface area contributed by atoms with E-state index in [-0.39, 0.29) is 29.7 Å². The Labute approximate surface area is 144 Å². The van der Waals surface area contributed by atoms with Gasteiger partial charge in [-0.3, -0.25) is 9.59 Å². The van der Waals surface area contributed by atoms with Crippen LogP contribution in [0.2, 0.25) is 0 Å². The summed E-state index contributed by atoms with van der Waals surface area (Å²) in [6.45, 7) is 5.56. The van der Waals surface area contributed by atoms with Crippen molar-refractivity contribution in [3.05, 3.63) is 35.4 Å². The van der Waals surface area contributed by atoms with E-state index in [0.29, 0.717) is 6.54 Å². The van der Waals surface area contributed by atoms with Gasteiger partial charge in [-0.1, -0.05) is 36.8 Å². The predicted molar refractivity (Wildman–Crippen MR) is 94.4 cm³/mol. The fourth-order valence-electron chi connectivity index (χ4n) is 3.49. The number of carbonyl (C=O) groups excluding carboxylic acids is 2. The molecule has 130 valence electrons. The number of rotatable bonds is 5. The molecule has 24 heavy (non-hydrogen) atoms. The van der Waals surface area contributed by atoms with Crippen LogP contribution in [0.4, 0.5) is 0 Å². The van der Waals surface area contributed by atoms with Crippen LogP contribution in [0.1, 0.15) is 56.2 Å². The first-order valence-electron chi connectivity index (χ1n) is 9.24. The summed E-state index contributed by atoms with van der Waals surface area (Å²) in [6, 6.07) is 8.40. The van der Waals surface area contributed by atoms with E-state index in [0.717, 1.165) is 44.2 Å². The van der Waals surface area contributed by atoms with Crippen LogP contribution < -0.4 is 5.32 Å². The molecule has 0 unspecified atom stereocenters. The average molecular weight is 328 g/mol. The minimum atomic E-state index is -0.0686. The quantitative estimate of drug-likeness (QED) is 0.902. The predicted octanol–water partition coefficient (Wildman–Crippen LogP) is 3.21. The SMILES string of the molecule is CC[C@H](NC(=O)[C@@H]1CCCN(C(=O)C2CC2)C1)c1ccc(C)cc1. The Balaban J connectivity index is 1.60. The van der Waals surface area contributed by atoms with Crippen LogP contribution in [-0.4, -0.2) is 29.8 Å². The molecule has 0 spiro atoms. The zero-order valence-corrected chi connectivity index (χ0v) is 14.8. The Morgan fingerprint density at radius 2 is 1.88 bits per heavy atom. The van der Waals surface area contributed by atoms with E-state index >= 15 is 0 Å². The van der Waals surface area contributed by atoms with Crippen LogP contribution in [0, 0.1) is 18.8 Å². The van der Waals surface area contributed by atoms with Crippen molar-refractivity contribution in [3.63, 3.8) is 0 Å². The smallest absolute Gasteiger partial charge is 0.225 e. The van der Waals surface area contributed by atoms with E-state index in [1.165, 1.54) is 5.56 Å². The van der Waals surface area contributed by atoms with Crippen LogP contribution in [0.5, 0.6) is 0 Å². The largest absolute Gasteiger partial charge is 0.349 e.